The predicted molar refractivity (Wildman–Crippen MR) is 94.6 cm³/mol. The summed E-state index contributed by atoms with van der Waals surface area (Å²) in [4.78, 5) is 23.1. The molecule has 0 saturated carbocycles. The summed E-state index contributed by atoms with van der Waals surface area (Å²) in [6, 6.07) is 9.93. The number of benzene rings is 1. The highest BCUT2D eigenvalue weighted by molar-refractivity contribution is 5.70. The van der Waals surface area contributed by atoms with E-state index in [4.69, 9.17) is 9.47 Å². The van der Waals surface area contributed by atoms with Crippen molar-refractivity contribution in [2.75, 3.05) is 13.2 Å². The van der Waals surface area contributed by atoms with Crippen molar-refractivity contribution >= 4 is 11.9 Å². The molecule has 24 heavy (non-hydrogen) atoms. The summed E-state index contributed by atoms with van der Waals surface area (Å²) >= 11 is 0. The van der Waals surface area contributed by atoms with Gasteiger partial charge in [0.15, 0.2) is 0 Å². The van der Waals surface area contributed by atoms with Crippen LogP contribution < -0.4 is 0 Å². The maximum Gasteiger partial charge on any atom is 0.305 e. The highest BCUT2D eigenvalue weighted by Gasteiger charge is 2.06. The molecular formula is C20H30O4. The maximum absolute atomic E-state index is 11.6. The van der Waals surface area contributed by atoms with Crippen LogP contribution in [0.4, 0.5) is 0 Å². The number of ether oxygens (including phenoxy) is 2. The quantitative estimate of drug-likeness (QED) is 0.422. The Morgan fingerprint density at radius 3 is 2.04 bits per heavy atom. The predicted octanol–water partition coefficient (Wildman–Crippen LogP) is 4.31. The van der Waals surface area contributed by atoms with Crippen LogP contribution in [0.25, 0.3) is 0 Å². The Morgan fingerprint density at radius 2 is 1.46 bits per heavy atom. The molecule has 0 aliphatic rings. The lowest BCUT2D eigenvalue weighted by Crippen LogP contribution is -2.09. The highest BCUT2D eigenvalue weighted by Crippen LogP contribution is 2.06. The minimum Gasteiger partial charge on any atom is -0.466 e. The molecule has 0 N–H and O–H groups in total. The van der Waals surface area contributed by atoms with Crippen molar-refractivity contribution in [3.63, 3.8) is 0 Å². The van der Waals surface area contributed by atoms with E-state index in [-0.39, 0.29) is 11.9 Å². The molecule has 0 bridgehead atoms. The lowest BCUT2D eigenvalue weighted by Gasteiger charge is -2.07. The van der Waals surface area contributed by atoms with Gasteiger partial charge in [-0.15, -0.1) is 0 Å². The third-order valence-corrected chi connectivity index (χ3v) is 3.70. The van der Waals surface area contributed by atoms with Gasteiger partial charge in [0.2, 0.25) is 0 Å². The van der Waals surface area contributed by atoms with E-state index in [0.717, 1.165) is 24.8 Å². The molecule has 4 nitrogen and oxygen atoms in total. The largest absolute Gasteiger partial charge is 0.466 e. The van der Waals surface area contributed by atoms with Crippen LogP contribution in [-0.2, 0) is 25.5 Å². The van der Waals surface area contributed by atoms with Crippen molar-refractivity contribution < 1.29 is 19.1 Å². The first-order chi connectivity index (χ1) is 11.6. The second-order valence-corrected chi connectivity index (χ2v) is 6.42. The zero-order valence-electron chi connectivity index (χ0n) is 15.0. The molecular weight excluding hydrogens is 304 g/mol. The van der Waals surface area contributed by atoms with Gasteiger partial charge in [-0.2, -0.15) is 0 Å². The Bertz CT molecular complexity index is 468. The van der Waals surface area contributed by atoms with Gasteiger partial charge in [-0.3, -0.25) is 9.59 Å². The van der Waals surface area contributed by atoms with Crippen LogP contribution in [0.15, 0.2) is 30.3 Å². The molecule has 0 aliphatic heterocycles. The smallest absolute Gasteiger partial charge is 0.305 e. The summed E-state index contributed by atoms with van der Waals surface area (Å²) in [5.41, 5.74) is 1.16. The minimum atomic E-state index is -0.198. The summed E-state index contributed by atoms with van der Waals surface area (Å²) in [6.07, 6.45) is 4.77. The lowest BCUT2D eigenvalue weighted by molar-refractivity contribution is -0.146. The average molecular weight is 334 g/mol. The third kappa shape index (κ3) is 10.8. The minimum absolute atomic E-state index is 0.170. The van der Waals surface area contributed by atoms with Gasteiger partial charge in [-0.25, -0.2) is 0 Å². The van der Waals surface area contributed by atoms with Gasteiger partial charge < -0.3 is 9.47 Å². The topological polar surface area (TPSA) is 52.6 Å². The zero-order chi connectivity index (χ0) is 17.6. The summed E-state index contributed by atoms with van der Waals surface area (Å²) in [6.45, 7) is 5.21. The average Bonchev–Trinajstić information content (AvgIpc) is 2.56. The fraction of sp³-hybridized carbons (Fsp3) is 0.600. The Morgan fingerprint density at radius 1 is 0.875 bits per heavy atom. The van der Waals surface area contributed by atoms with Gasteiger partial charge in [-0.05, 0) is 37.2 Å². The lowest BCUT2D eigenvalue weighted by atomic mass is 10.1. The summed E-state index contributed by atoms with van der Waals surface area (Å²) < 4.78 is 10.4. The second kappa shape index (κ2) is 12.6. The van der Waals surface area contributed by atoms with Gasteiger partial charge >= 0.3 is 11.9 Å². The fourth-order valence-corrected chi connectivity index (χ4v) is 2.29. The normalized spacial score (nSPS) is 10.6. The van der Waals surface area contributed by atoms with E-state index in [0.29, 0.717) is 44.8 Å². The third-order valence-electron chi connectivity index (χ3n) is 3.70. The van der Waals surface area contributed by atoms with E-state index in [2.05, 4.69) is 13.8 Å². The Kier molecular flexibility index (Phi) is 10.6. The van der Waals surface area contributed by atoms with Crippen LogP contribution in [0.2, 0.25) is 0 Å². The van der Waals surface area contributed by atoms with Crippen molar-refractivity contribution in [2.45, 2.75) is 58.8 Å². The van der Waals surface area contributed by atoms with Crippen LogP contribution in [0.5, 0.6) is 0 Å². The number of unbranched alkanes of at least 4 members (excludes halogenated alkanes) is 1. The fourth-order valence-electron chi connectivity index (χ4n) is 2.29. The maximum atomic E-state index is 11.6. The standard InChI is InChI=1S/C20H30O4/c1-17(2)9-8-15-23-19(21)12-6-7-13-20(22)24-16-14-18-10-4-3-5-11-18/h3-5,10-11,17H,6-9,12-16H2,1-2H3. The molecule has 0 spiro atoms. The van der Waals surface area contributed by atoms with Crippen LogP contribution in [0.3, 0.4) is 0 Å². The van der Waals surface area contributed by atoms with Crippen molar-refractivity contribution in [1.82, 2.24) is 0 Å². The SMILES string of the molecule is CC(C)CCCOC(=O)CCCCC(=O)OCCc1ccccc1. The van der Waals surface area contributed by atoms with Crippen LogP contribution in [0, 0.1) is 5.92 Å². The molecule has 0 amide bonds. The van der Waals surface area contributed by atoms with E-state index in [1.54, 1.807) is 0 Å². The molecule has 0 atom stereocenters. The number of carbonyl (C=O) groups excluding carboxylic acids is 2. The van der Waals surface area contributed by atoms with Gasteiger partial charge in [0, 0.05) is 19.3 Å². The first-order valence-electron chi connectivity index (χ1n) is 8.93. The van der Waals surface area contributed by atoms with Crippen molar-refractivity contribution in [3.05, 3.63) is 35.9 Å². The van der Waals surface area contributed by atoms with Crippen molar-refractivity contribution in [2.24, 2.45) is 5.92 Å². The first-order valence-corrected chi connectivity index (χ1v) is 8.93. The van der Waals surface area contributed by atoms with Gasteiger partial charge in [0.1, 0.15) is 0 Å². The molecule has 0 radical (unpaired) electrons. The highest BCUT2D eigenvalue weighted by atomic mass is 16.5. The van der Waals surface area contributed by atoms with Crippen LogP contribution in [-0.4, -0.2) is 25.2 Å². The number of hydrogen-bond donors (Lipinski definition) is 0. The number of carbonyl (C=O) groups is 2. The van der Waals surface area contributed by atoms with Gasteiger partial charge in [0.25, 0.3) is 0 Å². The van der Waals surface area contributed by atoms with E-state index in [1.165, 1.54) is 0 Å². The monoisotopic (exact) mass is 334 g/mol. The molecule has 0 aromatic heterocycles. The van der Waals surface area contributed by atoms with E-state index in [9.17, 15) is 9.59 Å². The molecule has 0 aliphatic carbocycles. The molecule has 0 heterocycles. The van der Waals surface area contributed by atoms with Crippen molar-refractivity contribution in [3.8, 4) is 0 Å². The Hall–Kier alpha value is -1.84. The zero-order valence-corrected chi connectivity index (χ0v) is 15.0. The summed E-state index contributed by atoms with van der Waals surface area (Å²) in [5, 5.41) is 0. The molecule has 0 saturated heterocycles. The summed E-state index contributed by atoms with van der Waals surface area (Å²) in [7, 11) is 0. The second-order valence-electron chi connectivity index (χ2n) is 6.42. The van der Waals surface area contributed by atoms with Crippen LogP contribution >= 0.6 is 0 Å². The molecule has 4 heteroatoms. The van der Waals surface area contributed by atoms with Crippen LogP contribution in [0.1, 0.15) is 57.9 Å². The first kappa shape index (κ1) is 20.2. The molecule has 0 fully saturated rings. The number of hydrogen-bond acceptors (Lipinski definition) is 4. The number of esters is 2. The summed E-state index contributed by atoms with van der Waals surface area (Å²) in [5.74, 6) is 0.268. The van der Waals surface area contributed by atoms with E-state index < -0.39 is 0 Å². The molecule has 0 unspecified atom stereocenters. The Labute approximate surface area is 145 Å². The van der Waals surface area contributed by atoms with Gasteiger partial charge in [0.05, 0.1) is 13.2 Å². The number of rotatable bonds is 12. The molecule has 134 valence electrons. The van der Waals surface area contributed by atoms with Gasteiger partial charge in [-0.1, -0.05) is 44.2 Å². The van der Waals surface area contributed by atoms with E-state index in [1.807, 2.05) is 30.3 Å². The molecule has 1 aromatic carbocycles. The Balaban J connectivity index is 1.96. The van der Waals surface area contributed by atoms with E-state index >= 15 is 0 Å². The molecule has 1 aromatic rings. The molecule has 1 rings (SSSR count). The van der Waals surface area contributed by atoms with Crippen molar-refractivity contribution in [1.29, 1.82) is 0 Å².